The third-order valence-electron chi connectivity index (χ3n) is 6.29. The molecule has 1 amide bonds. The van der Waals surface area contributed by atoms with Crippen LogP contribution in [0.25, 0.3) is 0 Å². The van der Waals surface area contributed by atoms with E-state index < -0.39 is 0 Å². The van der Waals surface area contributed by atoms with Crippen LogP contribution in [-0.2, 0) is 14.1 Å². The summed E-state index contributed by atoms with van der Waals surface area (Å²) in [5, 5.41) is 0. The number of amides is 1. The minimum atomic E-state index is -0.318. The van der Waals surface area contributed by atoms with Crippen LogP contribution in [0.15, 0.2) is 24.3 Å². The molecule has 6 heteroatoms. The Morgan fingerprint density at radius 1 is 1.08 bits per heavy atom. The summed E-state index contributed by atoms with van der Waals surface area (Å²) >= 11 is 0. The molecule has 2 aliphatic rings. The third-order valence-corrected chi connectivity index (χ3v) is 6.29. The van der Waals surface area contributed by atoms with Gasteiger partial charge in [0.05, 0.1) is 11.2 Å². The summed E-state index contributed by atoms with van der Waals surface area (Å²) < 4.78 is 12.3. The van der Waals surface area contributed by atoms with Gasteiger partial charge in [-0.2, -0.15) is 0 Å². The molecule has 0 unspecified atom stereocenters. The van der Waals surface area contributed by atoms with E-state index in [2.05, 4.69) is 56.9 Å². The fourth-order valence-corrected chi connectivity index (χ4v) is 3.59. The Kier molecular flexibility index (Phi) is 5.10. The van der Waals surface area contributed by atoms with E-state index in [9.17, 15) is 4.79 Å². The minimum Gasteiger partial charge on any atom is -0.399 e. The van der Waals surface area contributed by atoms with Gasteiger partial charge in [0.1, 0.15) is 0 Å². The molecule has 1 aromatic rings. The Bertz CT molecular complexity index is 636. The second kappa shape index (κ2) is 6.89. The van der Waals surface area contributed by atoms with Gasteiger partial charge in [-0.05, 0) is 58.1 Å². The maximum absolute atomic E-state index is 11.5. The number of benzene rings is 1. The van der Waals surface area contributed by atoms with Crippen LogP contribution in [0.3, 0.4) is 0 Å². The topological polar surface area (TPSA) is 42.0 Å². The lowest BCUT2D eigenvalue weighted by atomic mass is 9.79. The number of rotatable bonds is 3. The first-order valence-electron chi connectivity index (χ1n) is 9.55. The molecule has 2 saturated heterocycles. The molecule has 0 radical (unpaired) electrons. The third kappa shape index (κ3) is 3.62. The smallest absolute Gasteiger partial charge is 0.399 e. The monoisotopic (exact) mass is 358 g/mol. The molecule has 0 spiro atoms. The van der Waals surface area contributed by atoms with E-state index in [0.717, 1.165) is 31.4 Å². The number of hydrogen-bond acceptors (Lipinski definition) is 4. The lowest BCUT2D eigenvalue weighted by molar-refractivity contribution is -0.129. The molecule has 142 valence electrons. The van der Waals surface area contributed by atoms with Gasteiger partial charge in [-0.15, -0.1) is 0 Å². The van der Waals surface area contributed by atoms with Gasteiger partial charge in [-0.25, -0.2) is 0 Å². The van der Waals surface area contributed by atoms with Gasteiger partial charge in [0.15, 0.2) is 0 Å². The number of piperidine rings is 1. The summed E-state index contributed by atoms with van der Waals surface area (Å²) in [4.78, 5) is 15.8. The van der Waals surface area contributed by atoms with Gasteiger partial charge in [0.25, 0.3) is 0 Å². The van der Waals surface area contributed by atoms with E-state index in [4.69, 9.17) is 9.31 Å². The van der Waals surface area contributed by atoms with Crippen molar-refractivity contribution in [3.05, 3.63) is 24.3 Å². The molecule has 2 aliphatic heterocycles. The van der Waals surface area contributed by atoms with Crippen LogP contribution in [0, 0.1) is 0 Å². The van der Waals surface area contributed by atoms with Crippen LogP contribution in [0.2, 0.25) is 0 Å². The zero-order valence-corrected chi connectivity index (χ0v) is 16.9. The van der Waals surface area contributed by atoms with E-state index in [1.165, 1.54) is 5.69 Å². The lowest BCUT2D eigenvalue weighted by Gasteiger charge is -2.37. The fourth-order valence-electron chi connectivity index (χ4n) is 3.59. The second-order valence-electron chi connectivity index (χ2n) is 8.53. The predicted molar refractivity (Wildman–Crippen MR) is 106 cm³/mol. The van der Waals surface area contributed by atoms with E-state index in [1.807, 2.05) is 11.9 Å². The van der Waals surface area contributed by atoms with Crippen LogP contribution in [0.4, 0.5) is 5.69 Å². The van der Waals surface area contributed by atoms with Crippen LogP contribution in [0.5, 0.6) is 0 Å². The molecule has 3 rings (SSSR count). The Balaban J connectivity index is 1.62. The SMILES string of the molecule is CC(=O)N(C)C1CCN(c2ccc(B3OC(C)(C)C(C)(C)O3)cc2)CC1. The van der Waals surface area contributed by atoms with Crippen LogP contribution < -0.4 is 10.4 Å². The van der Waals surface area contributed by atoms with E-state index in [1.54, 1.807) is 6.92 Å². The maximum atomic E-state index is 11.5. The average Bonchev–Trinajstić information content (AvgIpc) is 2.82. The highest BCUT2D eigenvalue weighted by Crippen LogP contribution is 2.36. The molecule has 1 aromatic carbocycles. The van der Waals surface area contributed by atoms with Crippen molar-refractivity contribution in [2.24, 2.45) is 0 Å². The van der Waals surface area contributed by atoms with Crippen molar-refractivity contribution < 1.29 is 14.1 Å². The van der Waals surface area contributed by atoms with Crippen molar-refractivity contribution in [3.63, 3.8) is 0 Å². The normalized spacial score (nSPS) is 22.5. The van der Waals surface area contributed by atoms with Gasteiger partial charge >= 0.3 is 7.12 Å². The van der Waals surface area contributed by atoms with Crippen molar-refractivity contribution in [2.45, 2.75) is 64.7 Å². The Morgan fingerprint density at radius 2 is 1.58 bits per heavy atom. The highest BCUT2D eigenvalue weighted by atomic mass is 16.7. The quantitative estimate of drug-likeness (QED) is 0.779. The maximum Gasteiger partial charge on any atom is 0.494 e. The second-order valence-corrected chi connectivity index (χ2v) is 8.53. The van der Waals surface area contributed by atoms with Crippen molar-refractivity contribution in [1.29, 1.82) is 0 Å². The first-order chi connectivity index (χ1) is 12.1. The molecular formula is C20H31BN2O3. The molecule has 26 heavy (non-hydrogen) atoms. The zero-order chi connectivity index (χ0) is 19.1. The standard InChI is InChI=1S/C20H31BN2O3/c1-15(24)22(6)17-11-13-23(14-12-17)18-9-7-16(8-10-18)21-25-19(2,3)20(4,5)26-21/h7-10,17H,11-14H2,1-6H3. The molecule has 0 saturated carbocycles. The molecule has 2 heterocycles. The number of carbonyl (C=O) groups excluding carboxylic acids is 1. The Morgan fingerprint density at radius 3 is 2.04 bits per heavy atom. The van der Waals surface area contributed by atoms with Gasteiger partial charge in [-0.3, -0.25) is 4.79 Å². The summed E-state index contributed by atoms with van der Waals surface area (Å²) in [6, 6.07) is 8.86. The highest BCUT2D eigenvalue weighted by molar-refractivity contribution is 6.62. The average molecular weight is 358 g/mol. The van der Waals surface area contributed by atoms with Crippen LogP contribution in [0.1, 0.15) is 47.5 Å². The Hall–Kier alpha value is -1.53. The highest BCUT2D eigenvalue weighted by Gasteiger charge is 2.51. The summed E-state index contributed by atoms with van der Waals surface area (Å²) in [7, 11) is 1.59. The van der Waals surface area contributed by atoms with Crippen molar-refractivity contribution in [3.8, 4) is 0 Å². The van der Waals surface area contributed by atoms with Crippen molar-refractivity contribution in [1.82, 2.24) is 4.90 Å². The van der Waals surface area contributed by atoms with Gasteiger partial charge in [0.2, 0.25) is 5.91 Å². The number of hydrogen-bond donors (Lipinski definition) is 0. The zero-order valence-electron chi connectivity index (χ0n) is 16.9. The Labute approximate surface area is 157 Å². The minimum absolute atomic E-state index is 0.148. The molecule has 0 aromatic heterocycles. The fraction of sp³-hybridized carbons (Fsp3) is 0.650. The summed E-state index contributed by atoms with van der Waals surface area (Å²) in [5.74, 6) is 0.148. The van der Waals surface area contributed by atoms with Crippen LogP contribution in [-0.4, -0.2) is 55.3 Å². The largest absolute Gasteiger partial charge is 0.494 e. The predicted octanol–water partition coefficient (Wildman–Crippen LogP) is 2.43. The molecule has 5 nitrogen and oxygen atoms in total. The van der Waals surface area contributed by atoms with E-state index in [-0.39, 0.29) is 24.2 Å². The molecule has 0 aliphatic carbocycles. The molecule has 0 N–H and O–H groups in total. The molecule has 0 bridgehead atoms. The van der Waals surface area contributed by atoms with Gasteiger partial charge < -0.3 is 19.1 Å². The van der Waals surface area contributed by atoms with Crippen molar-refractivity contribution >= 4 is 24.2 Å². The summed E-state index contributed by atoms with van der Waals surface area (Å²) in [5.41, 5.74) is 1.63. The van der Waals surface area contributed by atoms with E-state index in [0.29, 0.717) is 6.04 Å². The van der Waals surface area contributed by atoms with Gasteiger partial charge in [-0.1, -0.05) is 12.1 Å². The van der Waals surface area contributed by atoms with E-state index >= 15 is 0 Å². The lowest BCUT2D eigenvalue weighted by Crippen LogP contribution is -2.45. The first-order valence-corrected chi connectivity index (χ1v) is 9.55. The number of carbonyl (C=O) groups is 1. The summed E-state index contributed by atoms with van der Waals surface area (Å²) in [6.45, 7) is 11.9. The number of anilines is 1. The van der Waals surface area contributed by atoms with Gasteiger partial charge in [0, 0.05) is 38.8 Å². The molecule has 0 atom stereocenters. The first kappa shape index (κ1) is 19.2. The van der Waals surface area contributed by atoms with Crippen molar-refractivity contribution in [2.75, 3.05) is 25.0 Å². The number of nitrogens with zero attached hydrogens (tertiary/aromatic N) is 2. The summed E-state index contributed by atoms with van der Waals surface area (Å²) in [6.07, 6.45) is 2.02. The molecule has 2 fully saturated rings. The molecular weight excluding hydrogens is 327 g/mol. The van der Waals surface area contributed by atoms with Crippen LogP contribution >= 0.6 is 0 Å².